The molecule has 0 bridgehead atoms. The van der Waals surface area contributed by atoms with Gasteiger partial charge in [0.05, 0.1) is 5.56 Å². The van der Waals surface area contributed by atoms with Crippen LogP contribution >= 0.6 is 11.8 Å². The van der Waals surface area contributed by atoms with Crippen molar-refractivity contribution in [1.29, 1.82) is 5.26 Å². The number of hydrogen-bond donors (Lipinski definition) is 1. The van der Waals surface area contributed by atoms with Crippen LogP contribution in [0.5, 0.6) is 0 Å². The Morgan fingerprint density at radius 3 is 2.55 bits per heavy atom. The van der Waals surface area contributed by atoms with E-state index in [-0.39, 0.29) is 5.91 Å². The highest BCUT2D eigenvalue weighted by Crippen LogP contribution is 2.30. The van der Waals surface area contributed by atoms with Gasteiger partial charge in [-0.1, -0.05) is 30.5 Å². The quantitative estimate of drug-likeness (QED) is 0.866. The van der Waals surface area contributed by atoms with Gasteiger partial charge in [0, 0.05) is 15.5 Å². The lowest BCUT2D eigenvalue weighted by atomic mass is 10.2. The van der Waals surface area contributed by atoms with Crippen LogP contribution in [-0.4, -0.2) is 5.91 Å². The van der Waals surface area contributed by atoms with Gasteiger partial charge in [0.1, 0.15) is 6.07 Å². The first-order chi connectivity index (χ1) is 9.72. The molecular weight excluding hydrogens is 268 g/mol. The van der Waals surface area contributed by atoms with E-state index in [0.29, 0.717) is 11.3 Å². The lowest BCUT2D eigenvalue weighted by molar-refractivity contribution is -0.111. The van der Waals surface area contributed by atoms with E-state index in [1.54, 1.807) is 6.07 Å². The summed E-state index contributed by atoms with van der Waals surface area (Å²) in [6.45, 7) is 3.40. The molecule has 0 spiro atoms. The lowest BCUT2D eigenvalue weighted by Crippen LogP contribution is -2.06. The second kappa shape index (κ2) is 6.60. The second-order valence-corrected chi connectivity index (χ2v) is 5.04. The SMILES string of the molecule is C=CC(=O)Nc1ccc(Sc2ccccc2C#N)cc1. The summed E-state index contributed by atoms with van der Waals surface area (Å²) in [7, 11) is 0. The van der Waals surface area contributed by atoms with E-state index in [0.717, 1.165) is 9.79 Å². The monoisotopic (exact) mass is 280 g/mol. The Balaban J connectivity index is 2.13. The summed E-state index contributed by atoms with van der Waals surface area (Å²) >= 11 is 1.52. The van der Waals surface area contributed by atoms with Crippen LogP contribution in [0.15, 0.2) is 71.0 Å². The van der Waals surface area contributed by atoms with Crippen LogP contribution in [0.2, 0.25) is 0 Å². The van der Waals surface area contributed by atoms with Gasteiger partial charge in [-0.25, -0.2) is 0 Å². The molecule has 0 aliphatic carbocycles. The zero-order valence-corrected chi connectivity index (χ0v) is 11.5. The third kappa shape index (κ3) is 3.50. The number of carbonyl (C=O) groups excluding carboxylic acids is 1. The van der Waals surface area contributed by atoms with Gasteiger partial charge in [-0.3, -0.25) is 4.79 Å². The number of nitriles is 1. The smallest absolute Gasteiger partial charge is 0.247 e. The normalized spacial score (nSPS) is 9.55. The predicted molar refractivity (Wildman–Crippen MR) is 80.5 cm³/mol. The molecule has 1 amide bonds. The summed E-state index contributed by atoms with van der Waals surface area (Å²) < 4.78 is 0. The van der Waals surface area contributed by atoms with Gasteiger partial charge in [-0.2, -0.15) is 5.26 Å². The maximum absolute atomic E-state index is 11.2. The Hall–Kier alpha value is -2.51. The Kier molecular flexibility index (Phi) is 4.59. The van der Waals surface area contributed by atoms with E-state index in [2.05, 4.69) is 18.0 Å². The highest BCUT2D eigenvalue weighted by atomic mass is 32.2. The van der Waals surface area contributed by atoms with E-state index in [1.165, 1.54) is 17.8 Å². The minimum atomic E-state index is -0.236. The molecule has 3 nitrogen and oxygen atoms in total. The first-order valence-electron chi connectivity index (χ1n) is 5.93. The van der Waals surface area contributed by atoms with E-state index in [9.17, 15) is 4.79 Å². The number of nitrogens with one attached hydrogen (secondary N) is 1. The van der Waals surface area contributed by atoms with Crippen LogP contribution in [-0.2, 0) is 4.79 Å². The van der Waals surface area contributed by atoms with Gasteiger partial charge in [-0.05, 0) is 42.5 Å². The molecule has 0 unspecified atom stereocenters. The van der Waals surface area contributed by atoms with E-state index in [4.69, 9.17) is 5.26 Å². The molecule has 0 aliphatic heterocycles. The summed E-state index contributed by atoms with van der Waals surface area (Å²) in [5.41, 5.74) is 1.37. The van der Waals surface area contributed by atoms with E-state index < -0.39 is 0 Å². The molecule has 0 aliphatic rings. The van der Waals surface area contributed by atoms with Crippen molar-refractivity contribution >= 4 is 23.4 Å². The first-order valence-corrected chi connectivity index (χ1v) is 6.75. The molecule has 2 aromatic rings. The molecule has 2 rings (SSSR count). The summed E-state index contributed by atoms with van der Waals surface area (Å²) in [5.74, 6) is -0.236. The van der Waals surface area contributed by atoms with Crippen LogP contribution in [0.1, 0.15) is 5.56 Å². The van der Waals surface area contributed by atoms with Gasteiger partial charge < -0.3 is 5.32 Å². The number of hydrogen-bond acceptors (Lipinski definition) is 3. The summed E-state index contributed by atoms with van der Waals surface area (Å²) in [5, 5.41) is 11.7. The Morgan fingerprint density at radius 2 is 1.90 bits per heavy atom. The Bertz CT molecular complexity index is 672. The summed E-state index contributed by atoms with van der Waals surface area (Å²) in [6.07, 6.45) is 1.23. The summed E-state index contributed by atoms with van der Waals surface area (Å²) in [6, 6.07) is 17.1. The molecule has 0 fully saturated rings. The van der Waals surface area contributed by atoms with Crippen molar-refractivity contribution in [2.45, 2.75) is 9.79 Å². The zero-order chi connectivity index (χ0) is 14.4. The number of benzene rings is 2. The molecule has 0 atom stereocenters. The molecule has 4 heteroatoms. The van der Waals surface area contributed by atoms with Crippen LogP contribution < -0.4 is 5.32 Å². The number of amides is 1. The van der Waals surface area contributed by atoms with Crippen LogP contribution in [0, 0.1) is 11.3 Å². The van der Waals surface area contributed by atoms with Crippen molar-refractivity contribution in [3.05, 3.63) is 66.7 Å². The fourth-order valence-electron chi connectivity index (χ4n) is 1.57. The topological polar surface area (TPSA) is 52.9 Å². The highest BCUT2D eigenvalue weighted by molar-refractivity contribution is 7.99. The van der Waals surface area contributed by atoms with Crippen molar-refractivity contribution in [1.82, 2.24) is 0 Å². The number of carbonyl (C=O) groups is 1. The molecule has 0 saturated heterocycles. The molecule has 0 heterocycles. The maximum atomic E-state index is 11.2. The van der Waals surface area contributed by atoms with Crippen LogP contribution in [0.25, 0.3) is 0 Å². The van der Waals surface area contributed by atoms with Gasteiger partial charge in [0.2, 0.25) is 5.91 Å². The molecule has 0 saturated carbocycles. The zero-order valence-electron chi connectivity index (χ0n) is 10.7. The second-order valence-electron chi connectivity index (χ2n) is 3.93. The fourth-order valence-corrected chi connectivity index (χ4v) is 2.47. The third-order valence-corrected chi connectivity index (χ3v) is 3.63. The third-order valence-electron chi connectivity index (χ3n) is 2.54. The van der Waals surface area contributed by atoms with E-state index >= 15 is 0 Å². The van der Waals surface area contributed by atoms with Crippen molar-refractivity contribution in [2.75, 3.05) is 5.32 Å². The molecule has 20 heavy (non-hydrogen) atoms. The number of nitrogens with zero attached hydrogens (tertiary/aromatic N) is 1. The fraction of sp³-hybridized carbons (Fsp3) is 0. The molecule has 0 aromatic heterocycles. The average Bonchev–Trinajstić information content (AvgIpc) is 2.49. The molecule has 1 N–H and O–H groups in total. The standard InChI is InChI=1S/C16H12N2OS/c1-2-16(19)18-13-7-9-14(10-8-13)20-15-6-4-3-5-12(15)11-17/h2-10H,1H2,(H,18,19). The number of rotatable bonds is 4. The highest BCUT2D eigenvalue weighted by Gasteiger charge is 2.03. The van der Waals surface area contributed by atoms with Crippen molar-refractivity contribution in [2.24, 2.45) is 0 Å². The van der Waals surface area contributed by atoms with Crippen LogP contribution in [0.4, 0.5) is 5.69 Å². The van der Waals surface area contributed by atoms with Crippen molar-refractivity contribution in [3.8, 4) is 6.07 Å². The van der Waals surface area contributed by atoms with Crippen molar-refractivity contribution in [3.63, 3.8) is 0 Å². The van der Waals surface area contributed by atoms with Gasteiger partial charge in [-0.15, -0.1) is 0 Å². The lowest BCUT2D eigenvalue weighted by Gasteiger charge is -2.05. The van der Waals surface area contributed by atoms with Gasteiger partial charge >= 0.3 is 0 Å². The van der Waals surface area contributed by atoms with Gasteiger partial charge in [0.25, 0.3) is 0 Å². The minimum absolute atomic E-state index is 0.236. The first kappa shape index (κ1) is 13.9. The average molecular weight is 280 g/mol. The molecule has 2 aromatic carbocycles. The number of anilines is 1. The minimum Gasteiger partial charge on any atom is -0.323 e. The van der Waals surface area contributed by atoms with Crippen LogP contribution in [0.3, 0.4) is 0 Å². The molecular formula is C16H12N2OS. The summed E-state index contributed by atoms with van der Waals surface area (Å²) in [4.78, 5) is 13.1. The predicted octanol–water partition coefficient (Wildman–Crippen LogP) is 3.83. The Labute approximate surface area is 121 Å². The van der Waals surface area contributed by atoms with E-state index in [1.807, 2.05) is 42.5 Å². The largest absolute Gasteiger partial charge is 0.323 e. The molecule has 98 valence electrons. The Morgan fingerprint density at radius 1 is 1.20 bits per heavy atom. The molecule has 0 radical (unpaired) electrons. The van der Waals surface area contributed by atoms with Gasteiger partial charge in [0.15, 0.2) is 0 Å². The maximum Gasteiger partial charge on any atom is 0.247 e. The van der Waals surface area contributed by atoms with Crippen molar-refractivity contribution < 1.29 is 4.79 Å².